The molecule has 28 heavy (non-hydrogen) atoms. The molecule has 1 aromatic heterocycles. The molecule has 2 aliphatic carbocycles. The molecule has 0 aromatic carbocycles. The minimum absolute atomic E-state index is 0.289. The molecule has 1 heterocycles. The van der Waals surface area contributed by atoms with Gasteiger partial charge in [0.05, 0.1) is 24.0 Å². The normalized spacial score (nSPS) is 24.3. The second-order valence-electron chi connectivity index (χ2n) is 8.02. The summed E-state index contributed by atoms with van der Waals surface area (Å²) in [5.74, 6) is -2.25. The van der Waals surface area contributed by atoms with Gasteiger partial charge in [0.2, 0.25) is 5.91 Å². The quantitative estimate of drug-likeness (QED) is 0.687. The van der Waals surface area contributed by atoms with E-state index in [1.165, 1.54) is 11.3 Å². The molecule has 6 nitrogen and oxygen atoms in total. The second kappa shape index (κ2) is 9.07. The summed E-state index contributed by atoms with van der Waals surface area (Å²) in [5.41, 5.74) is 1.48. The first-order chi connectivity index (χ1) is 13.4. The maximum Gasteiger partial charge on any atom is 0.341 e. The molecule has 3 atom stereocenters. The Bertz CT molecular complexity index is 756. The molecule has 1 saturated carbocycles. The van der Waals surface area contributed by atoms with Gasteiger partial charge in [0.1, 0.15) is 5.00 Å². The predicted octanol–water partition coefficient (Wildman–Crippen LogP) is 4.27. The number of nitrogens with one attached hydrogen (secondary N) is 1. The van der Waals surface area contributed by atoms with Gasteiger partial charge in [-0.1, -0.05) is 26.7 Å². The molecule has 0 saturated heterocycles. The number of rotatable bonds is 6. The number of fused-ring (bicyclic) bond motifs is 1. The summed E-state index contributed by atoms with van der Waals surface area (Å²) in [4.78, 5) is 38.3. The molecule has 1 fully saturated rings. The average molecular weight is 408 g/mol. The first-order valence-electron chi connectivity index (χ1n) is 10.3. The van der Waals surface area contributed by atoms with Crippen molar-refractivity contribution in [2.45, 2.75) is 65.2 Å². The number of carboxylic acids is 1. The van der Waals surface area contributed by atoms with Crippen molar-refractivity contribution in [2.24, 2.45) is 17.8 Å². The number of ether oxygens (including phenoxy) is 1. The lowest BCUT2D eigenvalue weighted by molar-refractivity contribution is -0.147. The number of carbonyl (C=O) groups is 3. The number of esters is 1. The molecular weight excluding hydrogens is 378 g/mol. The lowest BCUT2D eigenvalue weighted by atomic mass is 9.78. The highest BCUT2D eigenvalue weighted by atomic mass is 32.1. The summed E-state index contributed by atoms with van der Waals surface area (Å²) < 4.78 is 5.38. The van der Waals surface area contributed by atoms with Crippen LogP contribution in [-0.4, -0.2) is 29.6 Å². The lowest BCUT2D eigenvalue weighted by Gasteiger charge is -2.27. The van der Waals surface area contributed by atoms with Crippen LogP contribution in [-0.2, 0) is 27.2 Å². The molecule has 0 unspecified atom stereocenters. The van der Waals surface area contributed by atoms with Crippen molar-refractivity contribution in [1.29, 1.82) is 0 Å². The molecule has 154 valence electrons. The summed E-state index contributed by atoms with van der Waals surface area (Å²) in [6.45, 7) is 4.47. The number of carboxylic acid groups (broad SMARTS) is 1. The van der Waals surface area contributed by atoms with Crippen molar-refractivity contribution < 1.29 is 24.2 Å². The molecule has 0 spiro atoms. The van der Waals surface area contributed by atoms with E-state index in [0.29, 0.717) is 35.9 Å². The molecule has 2 aliphatic rings. The van der Waals surface area contributed by atoms with E-state index in [0.717, 1.165) is 49.0 Å². The van der Waals surface area contributed by atoms with E-state index in [1.54, 1.807) is 0 Å². The number of aliphatic carboxylic acids is 1. The van der Waals surface area contributed by atoms with Gasteiger partial charge in [-0.15, -0.1) is 11.3 Å². The van der Waals surface area contributed by atoms with Crippen molar-refractivity contribution in [3.63, 3.8) is 0 Å². The molecule has 2 N–H and O–H groups in total. The Kier molecular flexibility index (Phi) is 6.75. The fraction of sp³-hybridized carbons (Fsp3) is 0.667. The molecule has 7 heteroatoms. The Morgan fingerprint density at radius 3 is 2.57 bits per heavy atom. The number of thiophene rings is 1. The number of hydrogen-bond donors (Lipinski definition) is 2. The molecular formula is C21H29NO5S. The van der Waals surface area contributed by atoms with Crippen LogP contribution < -0.4 is 5.32 Å². The van der Waals surface area contributed by atoms with E-state index in [1.807, 2.05) is 6.92 Å². The van der Waals surface area contributed by atoms with Crippen LogP contribution in [0.1, 0.15) is 73.2 Å². The molecule has 1 aromatic rings. The third kappa shape index (κ3) is 4.40. The first-order valence-corrected chi connectivity index (χ1v) is 11.1. The van der Waals surface area contributed by atoms with Crippen LogP contribution in [0.15, 0.2) is 0 Å². The van der Waals surface area contributed by atoms with Crippen LogP contribution in [0.25, 0.3) is 0 Å². The average Bonchev–Trinajstić information content (AvgIpc) is 3.02. The fourth-order valence-corrected chi connectivity index (χ4v) is 5.67. The number of amides is 1. The van der Waals surface area contributed by atoms with Gasteiger partial charge in [-0.3, -0.25) is 9.59 Å². The van der Waals surface area contributed by atoms with Gasteiger partial charge in [0.25, 0.3) is 0 Å². The van der Waals surface area contributed by atoms with Crippen LogP contribution in [0.5, 0.6) is 0 Å². The SMILES string of the molecule is CCCOC(=O)c1c(NC(=O)[C@@H]2CCCC[C@@H]2C(=O)O)sc2c1CC[C@@H](C)C2. The molecule has 0 bridgehead atoms. The van der Waals surface area contributed by atoms with Crippen LogP contribution >= 0.6 is 11.3 Å². The van der Waals surface area contributed by atoms with E-state index in [9.17, 15) is 19.5 Å². The second-order valence-corrected chi connectivity index (χ2v) is 9.12. The van der Waals surface area contributed by atoms with Crippen molar-refractivity contribution in [1.82, 2.24) is 0 Å². The monoisotopic (exact) mass is 407 g/mol. The third-order valence-corrected chi connectivity index (χ3v) is 6.98. The topological polar surface area (TPSA) is 92.7 Å². The Morgan fingerprint density at radius 1 is 1.18 bits per heavy atom. The largest absolute Gasteiger partial charge is 0.481 e. The zero-order chi connectivity index (χ0) is 20.3. The van der Waals surface area contributed by atoms with Crippen molar-refractivity contribution in [2.75, 3.05) is 11.9 Å². The van der Waals surface area contributed by atoms with Crippen molar-refractivity contribution in [3.8, 4) is 0 Å². The Hall–Kier alpha value is -1.89. The predicted molar refractivity (Wildman–Crippen MR) is 108 cm³/mol. The maximum absolute atomic E-state index is 12.9. The smallest absolute Gasteiger partial charge is 0.341 e. The summed E-state index contributed by atoms with van der Waals surface area (Å²) in [7, 11) is 0. The van der Waals surface area contributed by atoms with Gasteiger partial charge in [0, 0.05) is 4.88 Å². The lowest BCUT2D eigenvalue weighted by Crippen LogP contribution is -2.36. The highest BCUT2D eigenvalue weighted by molar-refractivity contribution is 7.17. The summed E-state index contributed by atoms with van der Waals surface area (Å²) in [6.07, 6.45) is 6.23. The Balaban J connectivity index is 1.87. The van der Waals surface area contributed by atoms with Gasteiger partial charge >= 0.3 is 11.9 Å². The molecule has 0 aliphatic heterocycles. The number of anilines is 1. The minimum Gasteiger partial charge on any atom is -0.481 e. The summed E-state index contributed by atoms with van der Waals surface area (Å²) >= 11 is 1.45. The molecule has 3 rings (SSSR count). The van der Waals surface area contributed by atoms with Crippen molar-refractivity contribution in [3.05, 3.63) is 16.0 Å². The fourth-order valence-electron chi connectivity index (χ4n) is 4.27. The Morgan fingerprint density at radius 2 is 1.89 bits per heavy atom. The van der Waals surface area contributed by atoms with E-state index < -0.39 is 17.8 Å². The Labute approximate surface area is 169 Å². The zero-order valence-corrected chi connectivity index (χ0v) is 17.4. The number of carbonyl (C=O) groups excluding carboxylic acids is 2. The van der Waals surface area contributed by atoms with Gasteiger partial charge < -0.3 is 15.2 Å². The van der Waals surface area contributed by atoms with E-state index in [4.69, 9.17) is 4.74 Å². The minimum atomic E-state index is -0.915. The van der Waals surface area contributed by atoms with Crippen LogP contribution in [0.4, 0.5) is 5.00 Å². The zero-order valence-electron chi connectivity index (χ0n) is 16.6. The highest BCUT2D eigenvalue weighted by Gasteiger charge is 2.37. The van der Waals surface area contributed by atoms with Gasteiger partial charge in [-0.25, -0.2) is 4.79 Å². The molecule has 1 amide bonds. The van der Waals surface area contributed by atoms with E-state index in [-0.39, 0.29) is 11.9 Å². The van der Waals surface area contributed by atoms with Gasteiger partial charge in [0.15, 0.2) is 0 Å². The van der Waals surface area contributed by atoms with E-state index >= 15 is 0 Å². The molecule has 0 radical (unpaired) electrons. The van der Waals surface area contributed by atoms with Gasteiger partial charge in [-0.05, 0) is 50.0 Å². The summed E-state index contributed by atoms with van der Waals surface area (Å²) in [5, 5.41) is 12.9. The number of hydrogen-bond acceptors (Lipinski definition) is 5. The van der Waals surface area contributed by atoms with Crippen LogP contribution in [0.2, 0.25) is 0 Å². The van der Waals surface area contributed by atoms with E-state index in [2.05, 4.69) is 12.2 Å². The summed E-state index contributed by atoms with van der Waals surface area (Å²) in [6, 6.07) is 0. The highest BCUT2D eigenvalue weighted by Crippen LogP contribution is 2.41. The third-order valence-electron chi connectivity index (χ3n) is 5.81. The van der Waals surface area contributed by atoms with Gasteiger partial charge in [-0.2, -0.15) is 0 Å². The standard InChI is InChI=1S/C21H29NO5S/c1-3-10-27-21(26)17-15-9-8-12(2)11-16(15)28-19(17)22-18(23)13-6-4-5-7-14(13)20(24)25/h12-14H,3-11H2,1-2H3,(H,22,23)(H,24,25)/t12-,13-,14+/m1/s1. The van der Waals surface area contributed by atoms with Crippen LogP contribution in [0.3, 0.4) is 0 Å². The first kappa shape index (κ1) is 20.8. The van der Waals surface area contributed by atoms with Crippen LogP contribution in [0, 0.1) is 17.8 Å². The van der Waals surface area contributed by atoms with Crippen molar-refractivity contribution >= 4 is 34.2 Å². The maximum atomic E-state index is 12.9.